The number of nitriles is 1. The number of aryl methyl sites for hydroxylation is 1. The lowest BCUT2D eigenvalue weighted by Crippen LogP contribution is -2.13. The number of anilines is 1. The van der Waals surface area contributed by atoms with Crippen molar-refractivity contribution in [3.05, 3.63) is 64.9 Å². The van der Waals surface area contributed by atoms with Crippen LogP contribution in [0.1, 0.15) is 21.7 Å². The second kappa shape index (κ2) is 10.7. The smallest absolute Gasteiger partial charge is 0.343 e. The topological polar surface area (TPSA) is 133 Å². The lowest BCUT2D eigenvalue weighted by molar-refractivity contribution is -0.112. The number of carbonyl (C=O) groups is 2. The van der Waals surface area contributed by atoms with Crippen molar-refractivity contribution in [3.8, 4) is 29.1 Å². The summed E-state index contributed by atoms with van der Waals surface area (Å²) in [6.45, 7) is 1.68. The molecule has 10 heteroatoms. The van der Waals surface area contributed by atoms with E-state index in [2.05, 4.69) is 10.5 Å². The van der Waals surface area contributed by atoms with Crippen molar-refractivity contribution in [2.45, 2.75) is 6.92 Å². The zero-order valence-corrected chi connectivity index (χ0v) is 18.9. The normalized spacial score (nSPS) is 10.7. The van der Waals surface area contributed by atoms with Crippen LogP contribution >= 0.6 is 0 Å². The molecule has 34 heavy (non-hydrogen) atoms. The van der Waals surface area contributed by atoms with Gasteiger partial charge in [0, 0.05) is 6.07 Å². The first-order valence-electron chi connectivity index (χ1n) is 9.87. The fraction of sp³-hybridized carbons (Fsp3) is 0.167. The van der Waals surface area contributed by atoms with E-state index in [1.807, 2.05) is 6.07 Å². The summed E-state index contributed by atoms with van der Waals surface area (Å²) in [6, 6.07) is 12.6. The van der Waals surface area contributed by atoms with Crippen LogP contribution in [0.4, 0.5) is 5.82 Å². The third kappa shape index (κ3) is 5.52. The number of aromatic nitrogens is 1. The van der Waals surface area contributed by atoms with Gasteiger partial charge in [0.25, 0.3) is 5.91 Å². The number of carbonyl (C=O) groups excluding carboxylic acids is 2. The maximum absolute atomic E-state index is 12.6. The van der Waals surface area contributed by atoms with Gasteiger partial charge in [-0.25, -0.2) is 4.79 Å². The zero-order valence-electron chi connectivity index (χ0n) is 18.9. The predicted molar refractivity (Wildman–Crippen MR) is 121 cm³/mol. The van der Waals surface area contributed by atoms with Crippen LogP contribution in [-0.2, 0) is 4.79 Å². The Kier molecular flexibility index (Phi) is 7.51. The molecule has 1 N–H and O–H groups in total. The van der Waals surface area contributed by atoms with E-state index >= 15 is 0 Å². The first kappa shape index (κ1) is 23.9. The van der Waals surface area contributed by atoms with Crippen LogP contribution < -0.4 is 24.3 Å². The van der Waals surface area contributed by atoms with Gasteiger partial charge < -0.3 is 28.8 Å². The van der Waals surface area contributed by atoms with Crippen LogP contribution in [0, 0.1) is 18.3 Å². The van der Waals surface area contributed by atoms with E-state index in [1.165, 1.54) is 51.7 Å². The number of rotatable bonds is 8. The molecule has 0 spiro atoms. The Balaban J connectivity index is 1.80. The molecule has 0 fully saturated rings. The first-order valence-corrected chi connectivity index (χ1v) is 9.87. The molecular formula is C24H21N3O7. The van der Waals surface area contributed by atoms with Crippen LogP contribution in [0.2, 0.25) is 0 Å². The number of nitrogens with one attached hydrogen (secondary N) is 1. The zero-order chi connectivity index (χ0) is 24.7. The highest BCUT2D eigenvalue weighted by molar-refractivity contribution is 6.09. The Morgan fingerprint density at radius 1 is 0.971 bits per heavy atom. The van der Waals surface area contributed by atoms with Gasteiger partial charge >= 0.3 is 5.97 Å². The lowest BCUT2D eigenvalue weighted by atomic mass is 10.1. The Morgan fingerprint density at radius 2 is 1.65 bits per heavy atom. The van der Waals surface area contributed by atoms with E-state index in [4.69, 9.17) is 23.5 Å². The second-order valence-electron chi connectivity index (χ2n) is 6.82. The number of hydrogen-bond acceptors (Lipinski definition) is 9. The number of nitrogens with zero attached hydrogens (tertiary/aromatic N) is 2. The summed E-state index contributed by atoms with van der Waals surface area (Å²) in [5.41, 5.74) is 0.554. The minimum Gasteiger partial charge on any atom is -0.493 e. The molecule has 10 nitrogen and oxygen atoms in total. The van der Waals surface area contributed by atoms with Crippen molar-refractivity contribution in [2.24, 2.45) is 0 Å². The Labute approximate surface area is 195 Å². The first-order chi connectivity index (χ1) is 16.4. The van der Waals surface area contributed by atoms with E-state index in [0.717, 1.165) is 0 Å². The van der Waals surface area contributed by atoms with Crippen LogP contribution in [0.25, 0.3) is 6.08 Å². The maximum atomic E-state index is 12.6. The molecule has 0 aliphatic carbocycles. The van der Waals surface area contributed by atoms with E-state index in [9.17, 15) is 14.9 Å². The summed E-state index contributed by atoms with van der Waals surface area (Å²) in [7, 11) is 4.36. The number of amides is 1. The van der Waals surface area contributed by atoms with Crippen LogP contribution in [0.5, 0.6) is 23.0 Å². The average Bonchev–Trinajstić information content (AvgIpc) is 3.26. The van der Waals surface area contributed by atoms with Crippen molar-refractivity contribution in [1.29, 1.82) is 5.26 Å². The molecule has 0 bridgehead atoms. The standard InChI is InChI=1S/C24H21N3O7/c1-14-9-22(27-34-14)26-23(28)17(13-25)10-15-5-7-19(20(11-15)31-3)33-24(29)16-6-8-18(30-2)21(12-16)32-4/h5-12H,1-4H3,(H,26,27,28)/b17-10-. The molecular weight excluding hydrogens is 442 g/mol. The molecule has 0 aliphatic rings. The Morgan fingerprint density at radius 3 is 2.26 bits per heavy atom. The predicted octanol–water partition coefficient (Wildman–Crippen LogP) is 3.77. The molecule has 2 aromatic carbocycles. The molecule has 0 saturated carbocycles. The summed E-state index contributed by atoms with van der Waals surface area (Å²) in [5.74, 6) is 0.657. The largest absolute Gasteiger partial charge is 0.493 e. The second-order valence-corrected chi connectivity index (χ2v) is 6.82. The number of ether oxygens (including phenoxy) is 4. The van der Waals surface area contributed by atoms with Crippen molar-refractivity contribution >= 4 is 23.8 Å². The molecule has 3 aromatic rings. The van der Waals surface area contributed by atoms with Crippen molar-refractivity contribution in [3.63, 3.8) is 0 Å². The third-order valence-corrected chi connectivity index (χ3v) is 4.56. The number of methoxy groups -OCH3 is 3. The number of hydrogen-bond donors (Lipinski definition) is 1. The lowest BCUT2D eigenvalue weighted by Gasteiger charge is -2.12. The van der Waals surface area contributed by atoms with Crippen molar-refractivity contribution in [2.75, 3.05) is 26.6 Å². The molecule has 0 unspecified atom stereocenters. The molecule has 0 radical (unpaired) electrons. The van der Waals surface area contributed by atoms with Crippen LogP contribution in [0.15, 0.2) is 52.6 Å². The van der Waals surface area contributed by atoms with Gasteiger partial charge in [-0.1, -0.05) is 11.2 Å². The van der Waals surface area contributed by atoms with E-state index < -0.39 is 11.9 Å². The number of esters is 1. The average molecular weight is 463 g/mol. The molecule has 0 atom stereocenters. The minimum absolute atomic E-state index is 0.153. The minimum atomic E-state index is -0.654. The van der Waals surface area contributed by atoms with Crippen LogP contribution in [-0.4, -0.2) is 38.4 Å². The summed E-state index contributed by atoms with van der Waals surface area (Å²) >= 11 is 0. The van der Waals surface area contributed by atoms with Gasteiger partial charge in [-0.2, -0.15) is 5.26 Å². The van der Waals surface area contributed by atoms with E-state index in [-0.39, 0.29) is 28.5 Å². The van der Waals surface area contributed by atoms with E-state index in [1.54, 1.807) is 25.1 Å². The van der Waals surface area contributed by atoms with Gasteiger partial charge in [0.05, 0.1) is 26.9 Å². The maximum Gasteiger partial charge on any atom is 0.343 e. The summed E-state index contributed by atoms with van der Waals surface area (Å²) in [6.07, 6.45) is 1.37. The van der Waals surface area contributed by atoms with E-state index in [0.29, 0.717) is 22.8 Å². The van der Waals surface area contributed by atoms with Crippen molar-refractivity contribution in [1.82, 2.24) is 5.16 Å². The van der Waals surface area contributed by atoms with Gasteiger partial charge in [0.1, 0.15) is 17.4 Å². The molecule has 0 saturated heterocycles. The summed E-state index contributed by atoms with van der Waals surface area (Å²) in [5, 5.41) is 15.6. The summed E-state index contributed by atoms with van der Waals surface area (Å²) < 4.78 is 26.1. The SMILES string of the molecule is COc1ccc(C(=O)Oc2ccc(/C=C(/C#N)C(=O)Nc3cc(C)on3)cc2OC)cc1OC. The van der Waals surface area contributed by atoms with Crippen LogP contribution in [0.3, 0.4) is 0 Å². The van der Waals surface area contributed by atoms with Gasteiger partial charge in [0.15, 0.2) is 28.8 Å². The molecule has 174 valence electrons. The van der Waals surface area contributed by atoms with Gasteiger partial charge in [-0.15, -0.1) is 0 Å². The molecule has 1 aromatic heterocycles. The van der Waals surface area contributed by atoms with Gasteiger partial charge in [0.2, 0.25) is 0 Å². The fourth-order valence-electron chi connectivity index (χ4n) is 2.90. The summed E-state index contributed by atoms with van der Waals surface area (Å²) in [4.78, 5) is 25.0. The highest BCUT2D eigenvalue weighted by Gasteiger charge is 2.17. The highest BCUT2D eigenvalue weighted by atomic mass is 16.6. The Bertz CT molecular complexity index is 1290. The molecule has 3 rings (SSSR count). The molecule has 1 heterocycles. The third-order valence-electron chi connectivity index (χ3n) is 4.56. The Hall–Kier alpha value is -4.78. The van der Waals surface area contributed by atoms with Gasteiger partial charge in [-0.3, -0.25) is 4.79 Å². The fourth-order valence-corrected chi connectivity index (χ4v) is 2.90. The monoisotopic (exact) mass is 463 g/mol. The quantitative estimate of drug-likeness (QED) is 0.229. The molecule has 1 amide bonds. The highest BCUT2D eigenvalue weighted by Crippen LogP contribution is 2.31. The molecule has 0 aliphatic heterocycles. The van der Waals surface area contributed by atoms with Gasteiger partial charge in [-0.05, 0) is 48.9 Å². The van der Waals surface area contributed by atoms with Crippen molar-refractivity contribution < 1.29 is 33.1 Å². The number of benzene rings is 2.